The monoisotopic (exact) mass is 354 g/mol. The van der Waals surface area contributed by atoms with Gasteiger partial charge in [-0.2, -0.15) is 0 Å². The van der Waals surface area contributed by atoms with E-state index in [0.29, 0.717) is 6.07 Å². The molecule has 2 rings (SSSR count). The fourth-order valence-electron chi connectivity index (χ4n) is 1.43. The lowest BCUT2D eigenvalue weighted by Gasteiger charge is -2.17. The van der Waals surface area contributed by atoms with Gasteiger partial charge in [-0.25, -0.2) is 27.0 Å². The number of thiazole rings is 1. The maximum Gasteiger partial charge on any atom is 0.427 e. The van der Waals surface area contributed by atoms with Gasteiger partial charge in [0.05, 0.1) is 10.5 Å². The van der Waals surface area contributed by atoms with Crippen LogP contribution < -0.4 is 4.31 Å². The van der Waals surface area contributed by atoms with Crippen molar-refractivity contribution in [2.75, 3.05) is 4.31 Å². The highest BCUT2D eigenvalue weighted by molar-refractivity contribution is 7.93. The van der Waals surface area contributed by atoms with Crippen LogP contribution in [0.1, 0.15) is 0 Å². The average molecular weight is 355 g/mol. The predicted octanol–water partition coefficient (Wildman–Crippen LogP) is 2.95. The number of aromatic nitrogens is 1. The molecule has 11 heteroatoms. The molecule has 0 aliphatic carbocycles. The van der Waals surface area contributed by atoms with Crippen molar-refractivity contribution < 1.29 is 27.1 Å². The Morgan fingerprint density at radius 1 is 1.33 bits per heavy atom. The van der Waals surface area contributed by atoms with Gasteiger partial charge < -0.3 is 5.11 Å². The molecule has 2 aromatic rings. The summed E-state index contributed by atoms with van der Waals surface area (Å²) < 4.78 is 51.1. The van der Waals surface area contributed by atoms with Crippen LogP contribution in [0.15, 0.2) is 27.9 Å². The van der Waals surface area contributed by atoms with E-state index in [1.165, 1.54) is 5.51 Å². The first-order valence-corrected chi connectivity index (χ1v) is 7.82. The smallest absolute Gasteiger partial charge is 0.427 e. The average Bonchev–Trinajstić information content (AvgIpc) is 2.86. The molecular weight excluding hydrogens is 350 g/mol. The number of sulfonamides is 1. The number of halogens is 3. The summed E-state index contributed by atoms with van der Waals surface area (Å²) in [5.41, 5.74) is 1.20. The van der Waals surface area contributed by atoms with Gasteiger partial charge in [0.15, 0.2) is 5.82 Å². The molecule has 0 atom stereocenters. The lowest BCUT2D eigenvalue weighted by atomic mass is 10.3. The Hall–Kier alpha value is -1.78. The zero-order chi connectivity index (χ0) is 15.8. The van der Waals surface area contributed by atoms with E-state index in [1.807, 2.05) is 0 Å². The SMILES string of the molecule is O=C(O)N(c1cscn1)S(=O)(=O)c1cc(Cl)c(F)cc1F. The van der Waals surface area contributed by atoms with E-state index in [9.17, 15) is 22.0 Å². The maximum absolute atomic E-state index is 13.7. The second-order valence-electron chi connectivity index (χ2n) is 3.60. The van der Waals surface area contributed by atoms with Gasteiger partial charge in [0, 0.05) is 11.4 Å². The first-order valence-electron chi connectivity index (χ1n) is 5.06. The Balaban J connectivity index is 2.65. The maximum atomic E-state index is 13.7. The third-order valence-electron chi connectivity index (χ3n) is 2.29. The Morgan fingerprint density at radius 3 is 2.52 bits per heavy atom. The number of carbonyl (C=O) groups is 1. The number of benzene rings is 1. The number of hydrogen-bond donors (Lipinski definition) is 1. The Kier molecular flexibility index (Phi) is 4.12. The van der Waals surface area contributed by atoms with Crippen LogP contribution in [0.4, 0.5) is 19.4 Å². The summed E-state index contributed by atoms with van der Waals surface area (Å²) in [5.74, 6) is -3.05. The van der Waals surface area contributed by atoms with Gasteiger partial charge in [-0.3, -0.25) is 0 Å². The molecule has 1 amide bonds. The molecule has 1 aromatic carbocycles. The highest BCUT2D eigenvalue weighted by atomic mass is 35.5. The topological polar surface area (TPSA) is 87.6 Å². The van der Waals surface area contributed by atoms with E-state index in [2.05, 4.69) is 4.98 Å². The molecule has 1 heterocycles. The van der Waals surface area contributed by atoms with Crippen LogP contribution in [0.25, 0.3) is 0 Å². The lowest BCUT2D eigenvalue weighted by molar-refractivity contribution is 0.206. The summed E-state index contributed by atoms with van der Waals surface area (Å²) in [6, 6.07) is 0.764. The van der Waals surface area contributed by atoms with Crippen molar-refractivity contribution in [2.45, 2.75) is 4.90 Å². The van der Waals surface area contributed by atoms with Crippen LogP contribution in [-0.4, -0.2) is 24.6 Å². The van der Waals surface area contributed by atoms with Crippen LogP contribution in [-0.2, 0) is 10.0 Å². The second-order valence-corrected chi connectivity index (χ2v) is 6.48. The number of anilines is 1. The van der Waals surface area contributed by atoms with Gasteiger partial charge in [-0.05, 0) is 6.07 Å². The molecule has 0 unspecified atom stereocenters. The van der Waals surface area contributed by atoms with Crippen molar-refractivity contribution >= 4 is 44.9 Å². The normalized spacial score (nSPS) is 11.4. The summed E-state index contributed by atoms with van der Waals surface area (Å²) in [6.45, 7) is 0. The highest BCUT2D eigenvalue weighted by Gasteiger charge is 2.35. The van der Waals surface area contributed by atoms with Crippen molar-refractivity contribution in [3.63, 3.8) is 0 Å². The van der Waals surface area contributed by atoms with E-state index in [-0.39, 0.29) is 10.4 Å². The zero-order valence-corrected chi connectivity index (χ0v) is 12.2. The van der Waals surface area contributed by atoms with Crippen LogP contribution in [0.5, 0.6) is 0 Å². The quantitative estimate of drug-likeness (QED) is 0.856. The number of rotatable bonds is 3. The zero-order valence-electron chi connectivity index (χ0n) is 9.83. The summed E-state index contributed by atoms with van der Waals surface area (Å²) in [4.78, 5) is 13.7. The van der Waals surface area contributed by atoms with Crippen LogP contribution in [0.3, 0.4) is 0 Å². The molecular formula is C10H5ClF2N2O4S2. The second kappa shape index (κ2) is 5.54. The molecule has 0 saturated heterocycles. The molecule has 0 bridgehead atoms. The summed E-state index contributed by atoms with van der Waals surface area (Å²) in [5, 5.41) is 9.53. The van der Waals surface area contributed by atoms with Gasteiger partial charge in [0.1, 0.15) is 16.5 Å². The lowest BCUT2D eigenvalue weighted by Crippen LogP contribution is -2.36. The molecule has 6 nitrogen and oxygen atoms in total. The van der Waals surface area contributed by atoms with Crippen LogP contribution in [0, 0.1) is 11.6 Å². The molecule has 0 fully saturated rings. The largest absolute Gasteiger partial charge is 0.464 e. The molecule has 1 aromatic heterocycles. The first kappa shape index (κ1) is 15.6. The van der Waals surface area contributed by atoms with E-state index in [4.69, 9.17) is 16.7 Å². The highest BCUT2D eigenvalue weighted by Crippen LogP contribution is 2.28. The summed E-state index contributed by atoms with van der Waals surface area (Å²) >= 11 is 6.36. The van der Waals surface area contributed by atoms with E-state index >= 15 is 0 Å². The third kappa shape index (κ3) is 2.82. The first-order chi connectivity index (χ1) is 9.75. The molecule has 1 N–H and O–H groups in total. The minimum atomic E-state index is -4.84. The van der Waals surface area contributed by atoms with Gasteiger partial charge in [-0.1, -0.05) is 11.6 Å². The molecule has 0 aliphatic rings. The van der Waals surface area contributed by atoms with Crippen molar-refractivity contribution in [1.82, 2.24) is 4.98 Å². The van der Waals surface area contributed by atoms with Crippen molar-refractivity contribution in [3.05, 3.63) is 39.7 Å². The third-order valence-corrected chi connectivity index (χ3v) is 4.85. The number of carboxylic acid groups (broad SMARTS) is 1. The standard InChI is InChI=1S/C10H5ClF2N2O4S2/c11-5-1-8(7(13)2-6(5)12)21(18,19)15(10(16)17)9-3-20-4-14-9/h1-4H,(H,16,17). The number of amides is 1. The van der Waals surface area contributed by atoms with E-state index < -0.39 is 43.5 Å². The van der Waals surface area contributed by atoms with Gasteiger partial charge in [0.2, 0.25) is 0 Å². The fraction of sp³-hybridized carbons (Fsp3) is 0. The van der Waals surface area contributed by atoms with Crippen molar-refractivity contribution in [3.8, 4) is 0 Å². The Bertz CT molecular complexity index is 796. The summed E-state index contributed by atoms with van der Waals surface area (Å²) in [6.07, 6.45) is -1.89. The molecule has 0 radical (unpaired) electrons. The van der Waals surface area contributed by atoms with Crippen LogP contribution >= 0.6 is 22.9 Å². The Labute approximate surface area is 126 Å². The van der Waals surface area contributed by atoms with E-state index in [1.54, 1.807) is 0 Å². The molecule has 0 saturated carbocycles. The number of nitrogens with zero attached hydrogens (tertiary/aromatic N) is 2. The number of hydrogen-bond acceptors (Lipinski definition) is 5. The van der Waals surface area contributed by atoms with Gasteiger partial charge >= 0.3 is 6.09 Å². The molecule has 0 aliphatic heterocycles. The minimum absolute atomic E-state index is 0.115. The molecule has 21 heavy (non-hydrogen) atoms. The summed E-state index contributed by atoms with van der Waals surface area (Å²) in [7, 11) is -4.84. The van der Waals surface area contributed by atoms with E-state index in [0.717, 1.165) is 16.7 Å². The predicted molar refractivity (Wildman–Crippen MR) is 71.2 cm³/mol. The van der Waals surface area contributed by atoms with Gasteiger partial charge in [0.25, 0.3) is 10.0 Å². The minimum Gasteiger partial charge on any atom is -0.464 e. The molecule has 0 spiro atoms. The fourth-order valence-corrected chi connectivity index (χ4v) is 3.56. The molecule has 112 valence electrons. The van der Waals surface area contributed by atoms with Crippen molar-refractivity contribution in [1.29, 1.82) is 0 Å². The Morgan fingerprint density at radius 2 is 2.00 bits per heavy atom. The van der Waals surface area contributed by atoms with Crippen molar-refractivity contribution in [2.24, 2.45) is 0 Å². The van der Waals surface area contributed by atoms with Crippen LogP contribution in [0.2, 0.25) is 5.02 Å². The van der Waals surface area contributed by atoms with Gasteiger partial charge in [-0.15, -0.1) is 15.6 Å².